The zero-order valence-corrected chi connectivity index (χ0v) is 10.2. The van der Waals surface area contributed by atoms with Crippen molar-refractivity contribution in [1.82, 2.24) is 4.98 Å². The maximum absolute atomic E-state index is 13.6. The average Bonchev–Trinajstić information content (AvgIpc) is 2.37. The lowest BCUT2D eigenvalue weighted by Gasteiger charge is -2.08. The number of anilines is 2. The summed E-state index contributed by atoms with van der Waals surface area (Å²) in [6, 6.07) is 4.79. The van der Waals surface area contributed by atoms with Gasteiger partial charge in [0, 0.05) is 11.2 Å². The van der Waals surface area contributed by atoms with E-state index in [1.807, 2.05) is 0 Å². The standard InChI is InChI=1S/C12H8ClF2N3O/c13-6-1-2-8(14)9(5-6)18-12(19)7-3-4-17-11(16)10(7)15/h1-5H,(H2,16,17)(H,18,19). The predicted octanol–water partition coefficient (Wildman–Crippen LogP) is 2.85. The summed E-state index contributed by atoms with van der Waals surface area (Å²) in [6.07, 6.45) is 1.18. The van der Waals surface area contributed by atoms with Crippen molar-refractivity contribution in [1.29, 1.82) is 0 Å². The van der Waals surface area contributed by atoms with Crippen LogP contribution in [0.5, 0.6) is 0 Å². The van der Waals surface area contributed by atoms with E-state index in [9.17, 15) is 13.6 Å². The molecule has 4 nitrogen and oxygen atoms in total. The van der Waals surface area contributed by atoms with Gasteiger partial charge >= 0.3 is 0 Å². The Balaban J connectivity index is 2.31. The maximum Gasteiger partial charge on any atom is 0.258 e. The van der Waals surface area contributed by atoms with Gasteiger partial charge in [-0.2, -0.15) is 0 Å². The summed E-state index contributed by atoms with van der Waals surface area (Å²) >= 11 is 5.68. The van der Waals surface area contributed by atoms with Crippen LogP contribution in [0.25, 0.3) is 0 Å². The molecule has 0 aliphatic rings. The Hall–Kier alpha value is -2.21. The Kier molecular flexibility index (Phi) is 3.62. The molecule has 0 unspecified atom stereocenters. The lowest BCUT2D eigenvalue weighted by Crippen LogP contribution is -2.16. The minimum Gasteiger partial charge on any atom is -0.381 e. The molecule has 1 aromatic heterocycles. The van der Waals surface area contributed by atoms with E-state index < -0.39 is 23.4 Å². The molecule has 1 heterocycles. The summed E-state index contributed by atoms with van der Waals surface area (Å²) in [7, 11) is 0. The Bertz CT molecular complexity index is 649. The molecule has 0 bridgehead atoms. The van der Waals surface area contributed by atoms with Crippen LogP contribution >= 0.6 is 11.6 Å². The molecule has 0 atom stereocenters. The molecular weight excluding hydrogens is 276 g/mol. The van der Waals surface area contributed by atoms with Gasteiger partial charge in [-0.25, -0.2) is 13.8 Å². The van der Waals surface area contributed by atoms with Crippen molar-refractivity contribution in [2.45, 2.75) is 0 Å². The molecule has 1 amide bonds. The average molecular weight is 284 g/mol. The van der Waals surface area contributed by atoms with Crippen molar-refractivity contribution in [3.05, 3.63) is 52.7 Å². The predicted molar refractivity (Wildman–Crippen MR) is 68.0 cm³/mol. The number of carbonyl (C=O) groups is 1. The van der Waals surface area contributed by atoms with E-state index in [0.29, 0.717) is 0 Å². The summed E-state index contributed by atoms with van der Waals surface area (Å²) in [5, 5.41) is 2.46. The number of nitrogens with zero attached hydrogens (tertiary/aromatic N) is 1. The van der Waals surface area contributed by atoms with Crippen molar-refractivity contribution in [2.24, 2.45) is 0 Å². The highest BCUT2D eigenvalue weighted by Gasteiger charge is 2.16. The van der Waals surface area contributed by atoms with Crippen LogP contribution in [0.3, 0.4) is 0 Å². The number of hydrogen-bond acceptors (Lipinski definition) is 3. The normalized spacial score (nSPS) is 10.3. The van der Waals surface area contributed by atoms with E-state index in [2.05, 4.69) is 10.3 Å². The van der Waals surface area contributed by atoms with Crippen molar-refractivity contribution in [2.75, 3.05) is 11.1 Å². The third kappa shape index (κ3) is 2.79. The Morgan fingerprint density at radius 3 is 2.79 bits per heavy atom. The molecule has 2 aromatic rings. The molecule has 0 spiro atoms. The van der Waals surface area contributed by atoms with E-state index in [1.165, 1.54) is 18.3 Å². The zero-order valence-electron chi connectivity index (χ0n) is 9.45. The molecule has 0 fully saturated rings. The van der Waals surface area contributed by atoms with E-state index in [1.54, 1.807) is 0 Å². The largest absolute Gasteiger partial charge is 0.381 e. The second-order valence-electron chi connectivity index (χ2n) is 3.64. The van der Waals surface area contributed by atoms with Crippen molar-refractivity contribution in [3.8, 4) is 0 Å². The summed E-state index contributed by atoms with van der Waals surface area (Å²) in [4.78, 5) is 15.3. The van der Waals surface area contributed by atoms with Gasteiger partial charge in [-0.3, -0.25) is 4.79 Å². The third-order valence-corrected chi connectivity index (χ3v) is 2.57. The number of amides is 1. The van der Waals surface area contributed by atoms with E-state index in [4.69, 9.17) is 17.3 Å². The summed E-state index contributed by atoms with van der Waals surface area (Å²) in [5.74, 6) is -2.88. The second kappa shape index (κ2) is 5.19. The number of hydrogen-bond donors (Lipinski definition) is 2. The molecule has 2 rings (SSSR count). The van der Waals surface area contributed by atoms with Crippen molar-refractivity contribution >= 4 is 29.0 Å². The molecule has 0 aliphatic carbocycles. The quantitative estimate of drug-likeness (QED) is 0.890. The zero-order chi connectivity index (χ0) is 14.0. The van der Waals surface area contributed by atoms with Crippen LogP contribution in [-0.4, -0.2) is 10.9 Å². The minimum absolute atomic E-state index is 0.146. The van der Waals surface area contributed by atoms with Crippen LogP contribution in [0.4, 0.5) is 20.3 Å². The smallest absolute Gasteiger partial charge is 0.258 e. The first-order valence-electron chi connectivity index (χ1n) is 5.15. The Labute approximate surface area is 112 Å². The van der Waals surface area contributed by atoms with E-state index >= 15 is 0 Å². The lowest BCUT2D eigenvalue weighted by atomic mass is 10.2. The van der Waals surface area contributed by atoms with Crippen LogP contribution in [0.15, 0.2) is 30.5 Å². The summed E-state index contributed by atoms with van der Waals surface area (Å²) < 4.78 is 27.0. The first-order valence-corrected chi connectivity index (χ1v) is 5.53. The number of nitrogen functional groups attached to an aromatic ring is 1. The van der Waals surface area contributed by atoms with Gasteiger partial charge in [-0.15, -0.1) is 0 Å². The fourth-order valence-corrected chi connectivity index (χ4v) is 1.59. The number of rotatable bonds is 2. The highest BCUT2D eigenvalue weighted by atomic mass is 35.5. The van der Waals surface area contributed by atoms with Gasteiger partial charge in [0.1, 0.15) is 5.82 Å². The third-order valence-electron chi connectivity index (χ3n) is 2.34. The van der Waals surface area contributed by atoms with Crippen LogP contribution in [0, 0.1) is 11.6 Å². The number of halogens is 3. The maximum atomic E-state index is 13.6. The molecule has 98 valence electrons. The molecule has 19 heavy (non-hydrogen) atoms. The molecule has 0 saturated carbocycles. The van der Waals surface area contributed by atoms with Gasteiger partial charge in [0.15, 0.2) is 11.6 Å². The minimum atomic E-state index is -0.956. The van der Waals surface area contributed by atoms with Gasteiger partial charge in [-0.1, -0.05) is 11.6 Å². The molecule has 3 N–H and O–H groups in total. The van der Waals surface area contributed by atoms with Crippen LogP contribution < -0.4 is 11.1 Å². The van der Waals surface area contributed by atoms with Crippen LogP contribution in [0.2, 0.25) is 5.02 Å². The number of nitrogens with one attached hydrogen (secondary N) is 1. The second-order valence-corrected chi connectivity index (χ2v) is 4.07. The highest BCUT2D eigenvalue weighted by Crippen LogP contribution is 2.21. The van der Waals surface area contributed by atoms with E-state index in [0.717, 1.165) is 12.1 Å². The van der Waals surface area contributed by atoms with Gasteiger partial charge in [0.25, 0.3) is 5.91 Å². The van der Waals surface area contributed by atoms with E-state index in [-0.39, 0.29) is 16.3 Å². The fraction of sp³-hybridized carbons (Fsp3) is 0. The monoisotopic (exact) mass is 283 g/mol. The first kappa shape index (κ1) is 13.2. The van der Waals surface area contributed by atoms with Crippen LogP contribution in [-0.2, 0) is 0 Å². The first-order chi connectivity index (χ1) is 8.99. The van der Waals surface area contributed by atoms with Gasteiger partial charge in [0.05, 0.1) is 11.3 Å². The summed E-state index contributed by atoms with van der Waals surface area (Å²) in [5.41, 5.74) is 4.77. The van der Waals surface area contributed by atoms with Gasteiger partial charge in [-0.05, 0) is 24.3 Å². The summed E-state index contributed by atoms with van der Waals surface area (Å²) in [6.45, 7) is 0. The van der Waals surface area contributed by atoms with Gasteiger partial charge in [0.2, 0.25) is 0 Å². The Morgan fingerprint density at radius 2 is 2.05 bits per heavy atom. The SMILES string of the molecule is Nc1nccc(C(=O)Nc2cc(Cl)ccc2F)c1F. The molecule has 7 heteroatoms. The lowest BCUT2D eigenvalue weighted by molar-refractivity contribution is 0.102. The fourth-order valence-electron chi connectivity index (χ4n) is 1.42. The number of pyridine rings is 1. The molecular formula is C12H8ClF2N3O. The van der Waals surface area contributed by atoms with Crippen molar-refractivity contribution in [3.63, 3.8) is 0 Å². The number of benzene rings is 1. The molecule has 0 radical (unpaired) electrons. The molecule has 1 aromatic carbocycles. The van der Waals surface area contributed by atoms with Crippen LogP contribution in [0.1, 0.15) is 10.4 Å². The highest BCUT2D eigenvalue weighted by molar-refractivity contribution is 6.31. The van der Waals surface area contributed by atoms with Crippen molar-refractivity contribution < 1.29 is 13.6 Å². The Morgan fingerprint density at radius 1 is 1.32 bits per heavy atom. The molecule has 0 aliphatic heterocycles. The topological polar surface area (TPSA) is 68.0 Å². The number of aromatic nitrogens is 1. The van der Waals surface area contributed by atoms with Gasteiger partial charge < -0.3 is 11.1 Å². The molecule has 0 saturated heterocycles. The number of nitrogens with two attached hydrogens (primary N) is 1. The number of carbonyl (C=O) groups excluding carboxylic acids is 1.